The molecule has 27 heavy (non-hydrogen) atoms. The van der Waals surface area contributed by atoms with Crippen LogP contribution in [0.25, 0.3) is 0 Å². The van der Waals surface area contributed by atoms with E-state index >= 15 is 0 Å². The van der Waals surface area contributed by atoms with Gasteiger partial charge in [-0.3, -0.25) is 14.4 Å². The van der Waals surface area contributed by atoms with Crippen LogP contribution in [-0.2, 0) is 14.3 Å². The number of esters is 1. The number of likely N-dealkylation sites (N-methyl/N-ethyl adjacent to an activating group) is 1. The van der Waals surface area contributed by atoms with Crippen LogP contribution in [0.5, 0.6) is 11.5 Å². The Kier molecular flexibility index (Phi) is 7.04. The largest absolute Gasteiger partial charge is 0.504 e. The molecular formula is C19H26N2O6. The predicted octanol–water partition coefficient (Wildman–Crippen LogP) is 1.42. The predicted molar refractivity (Wildman–Crippen MR) is 97.6 cm³/mol. The van der Waals surface area contributed by atoms with Crippen LogP contribution in [0.4, 0.5) is 0 Å². The molecule has 8 heteroatoms. The van der Waals surface area contributed by atoms with Crippen molar-refractivity contribution in [2.45, 2.75) is 32.8 Å². The SMILES string of the molecule is CCOC(=O)CN(C)C(=O)c1ccc(OC2CCN(C(C)=O)CC2)c(O)c1. The number of carbonyl (C=O) groups excluding carboxylic acids is 3. The third-order valence-corrected chi connectivity index (χ3v) is 4.41. The second-order valence-electron chi connectivity index (χ2n) is 6.47. The molecule has 1 aliphatic heterocycles. The van der Waals surface area contributed by atoms with Crippen molar-refractivity contribution in [2.75, 3.05) is 33.3 Å². The number of hydrogen-bond donors (Lipinski definition) is 1. The number of rotatable bonds is 6. The highest BCUT2D eigenvalue weighted by molar-refractivity contribution is 5.96. The van der Waals surface area contributed by atoms with E-state index in [9.17, 15) is 19.5 Å². The van der Waals surface area contributed by atoms with E-state index < -0.39 is 11.9 Å². The summed E-state index contributed by atoms with van der Waals surface area (Å²) in [7, 11) is 1.49. The first-order chi connectivity index (χ1) is 12.8. The Morgan fingerprint density at radius 2 is 1.93 bits per heavy atom. The highest BCUT2D eigenvalue weighted by Crippen LogP contribution is 2.30. The van der Waals surface area contributed by atoms with Gasteiger partial charge < -0.3 is 24.4 Å². The lowest BCUT2D eigenvalue weighted by Crippen LogP contribution is -2.40. The minimum absolute atomic E-state index is 0.0473. The van der Waals surface area contributed by atoms with Gasteiger partial charge in [-0.2, -0.15) is 0 Å². The van der Waals surface area contributed by atoms with Crippen LogP contribution in [0.1, 0.15) is 37.0 Å². The molecule has 2 rings (SSSR count). The topological polar surface area (TPSA) is 96.4 Å². The number of likely N-dealkylation sites (tertiary alicyclic amines) is 1. The molecule has 8 nitrogen and oxygen atoms in total. The molecular weight excluding hydrogens is 352 g/mol. The van der Waals surface area contributed by atoms with Gasteiger partial charge in [0.2, 0.25) is 5.91 Å². The van der Waals surface area contributed by atoms with Crippen molar-refractivity contribution in [3.63, 3.8) is 0 Å². The van der Waals surface area contributed by atoms with E-state index in [1.54, 1.807) is 24.8 Å². The van der Waals surface area contributed by atoms with Crippen LogP contribution in [0.2, 0.25) is 0 Å². The van der Waals surface area contributed by atoms with Crippen LogP contribution in [-0.4, -0.2) is 72.1 Å². The number of aromatic hydroxyl groups is 1. The first-order valence-electron chi connectivity index (χ1n) is 8.98. The molecule has 1 saturated heterocycles. The number of hydrogen-bond acceptors (Lipinski definition) is 6. The van der Waals surface area contributed by atoms with Crippen LogP contribution in [0.15, 0.2) is 18.2 Å². The fourth-order valence-electron chi connectivity index (χ4n) is 2.91. The second-order valence-corrected chi connectivity index (χ2v) is 6.47. The van der Waals surface area contributed by atoms with E-state index in [1.807, 2.05) is 0 Å². The van der Waals surface area contributed by atoms with Crippen LogP contribution in [0.3, 0.4) is 0 Å². The van der Waals surface area contributed by atoms with Crippen molar-refractivity contribution >= 4 is 17.8 Å². The lowest BCUT2D eigenvalue weighted by atomic mass is 10.1. The average molecular weight is 378 g/mol. The number of carbonyl (C=O) groups is 3. The van der Waals surface area contributed by atoms with Crippen molar-refractivity contribution in [1.29, 1.82) is 0 Å². The minimum atomic E-state index is -0.491. The Labute approximate surface area is 158 Å². The van der Waals surface area contributed by atoms with Crippen molar-refractivity contribution in [3.8, 4) is 11.5 Å². The number of piperidine rings is 1. The van der Waals surface area contributed by atoms with Crippen molar-refractivity contribution in [3.05, 3.63) is 23.8 Å². The maximum absolute atomic E-state index is 12.4. The molecule has 0 bridgehead atoms. The fourth-order valence-corrected chi connectivity index (χ4v) is 2.91. The van der Waals surface area contributed by atoms with Crippen molar-refractivity contribution in [2.24, 2.45) is 0 Å². The molecule has 1 aromatic rings. The molecule has 1 heterocycles. The van der Waals surface area contributed by atoms with E-state index in [0.29, 0.717) is 31.7 Å². The third kappa shape index (κ3) is 5.60. The van der Waals surface area contributed by atoms with E-state index in [4.69, 9.17) is 9.47 Å². The lowest BCUT2D eigenvalue weighted by molar-refractivity contribution is -0.143. The summed E-state index contributed by atoms with van der Waals surface area (Å²) in [4.78, 5) is 38.2. The Morgan fingerprint density at radius 1 is 1.26 bits per heavy atom. The Balaban J connectivity index is 1.96. The van der Waals surface area contributed by atoms with Gasteiger partial charge in [-0.15, -0.1) is 0 Å². The molecule has 1 aromatic carbocycles. The van der Waals surface area contributed by atoms with Gasteiger partial charge in [0.15, 0.2) is 11.5 Å². The molecule has 2 amide bonds. The normalized spacial score (nSPS) is 14.6. The van der Waals surface area contributed by atoms with Gasteiger partial charge in [0.1, 0.15) is 12.6 Å². The van der Waals surface area contributed by atoms with Gasteiger partial charge >= 0.3 is 5.97 Å². The number of ether oxygens (including phenoxy) is 2. The fraction of sp³-hybridized carbons (Fsp3) is 0.526. The molecule has 148 valence electrons. The van der Waals surface area contributed by atoms with E-state index in [2.05, 4.69) is 0 Å². The van der Waals surface area contributed by atoms with Gasteiger partial charge in [0.25, 0.3) is 5.91 Å². The number of amides is 2. The van der Waals surface area contributed by atoms with Crippen LogP contribution in [0, 0.1) is 0 Å². The standard InChI is InChI=1S/C19H26N2O6/c1-4-26-18(24)12-20(3)19(25)14-5-6-17(16(23)11-14)27-15-7-9-21(10-8-15)13(2)22/h5-6,11,15,23H,4,7-10,12H2,1-3H3. The van der Waals surface area contributed by atoms with Gasteiger partial charge in [-0.1, -0.05) is 0 Å². The highest BCUT2D eigenvalue weighted by Gasteiger charge is 2.23. The second kappa shape index (κ2) is 9.25. The monoisotopic (exact) mass is 378 g/mol. The Hall–Kier alpha value is -2.77. The molecule has 0 aliphatic carbocycles. The smallest absolute Gasteiger partial charge is 0.325 e. The minimum Gasteiger partial charge on any atom is -0.504 e. The maximum atomic E-state index is 12.4. The molecule has 0 saturated carbocycles. The van der Waals surface area contributed by atoms with Crippen molar-refractivity contribution in [1.82, 2.24) is 9.80 Å². The zero-order chi connectivity index (χ0) is 20.0. The number of phenolic OH excluding ortho intramolecular Hbond substituents is 1. The van der Waals surface area contributed by atoms with Crippen LogP contribution >= 0.6 is 0 Å². The third-order valence-electron chi connectivity index (χ3n) is 4.41. The summed E-state index contributed by atoms with van der Waals surface area (Å²) in [5.41, 5.74) is 0.248. The van der Waals surface area contributed by atoms with E-state index in [-0.39, 0.29) is 36.5 Å². The molecule has 0 unspecified atom stereocenters. The Bertz CT molecular complexity index is 697. The molecule has 1 aliphatic rings. The van der Waals surface area contributed by atoms with Crippen LogP contribution < -0.4 is 4.74 Å². The number of benzene rings is 1. The van der Waals surface area contributed by atoms with Gasteiger partial charge in [0, 0.05) is 45.5 Å². The summed E-state index contributed by atoms with van der Waals surface area (Å²) in [6, 6.07) is 4.41. The van der Waals surface area contributed by atoms with E-state index in [0.717, 1.165) is 0 Å². The molecule has 1 fully saturated rings. The number of nitrogens with zero attached hydrogens (tertiary/aromatic N) is 2. The molecule has 0 spiro atoms. The molecule has 0 radical (unpaired) electrons. The first-order valence-corrected chi connectivity index (χ1v) is 8.98. The quantitative estimate of drug-likeness (QED) is 0.752. The van der Waals surface area contributed by atoms with Gasteiger partial charge in [-0.25, -0.2) is 0 Å². The zero-order valence-corrected chi connectivity index (χ0v) is 15.9. The summed E-state index contributed by atoms with van der Waals surface area (Å²) in [5, 5.41) is 10.2. The summed E-state index contributed by atoms with van der Waals surface area (Å²) >= 11 is 0. The number of phenols is 1. The highest BCUT2D eigenvalue weighted by atomic mass is 16.5. The first kappa shape index (κ1) is 20.5. The summed E-state index contributed by atoms with van der Waals surface area (Å²) in [5.74, 6) is -0.694. The Morgan fingerprint density at radius 3 is 2.48 bits per heavy atom. The average Bonchev–Trinajstić information content (AvgIpc) is 2.63. The molecule has 0 aromatic heterocycles. The van der Waals surface area contributed by atoms with E-state index in [1.165, 1.54) is 24.1 Å². The lowest BCUT2D eigenvalue weighted by Gasteiger charge is -2.31. The van der Waals surface area contributed by atoms with Gasteiger partial charge in [0.05, 0.1) is 6.61 Å². The van der Waals surface area contributed by atoms with Gasteiger partial charge in [-0.05, 0) is 25.1 Å². The summed E-state index contributed by atoms with van der Waals surface area (Å²) in [6.45, 7) is 4.56. The maximum Gasteiger partial charge on any atom is 0.325 e. The molecule has 0 atom stereocenters. The zero-order valence-electron chi connectivity index (χ0n) is 15.9. The summed E-state index contributed by atoms with van der Waals surface area (Å²) < 4.78 is 10.6. The summed E-state index contributed by atoms with van der Waals surface area (Å²) in [6.07, 6.45) is 1.27. The van der Waals surface area contributed by atoms with Crippen molar-refractivity contribution < 1.29 is 29.0 Å². The molecule has 1 N–H and O–H groups in total.